The first kappa shape index (κ1) is 25.9. The standard InChI is InChI=1S/C28H32N4O5/c1-7-25(33)32-15-20(12-22(32)27(34)37-8-2)30-28-29-14-19-11-18(9-10-21(19)31-28)26-16(3)23(35-5)13-24(36-6)17(26)4/h7,9-11,13-14,20,22H,1,8,12,15H2,2-6H3,(H,29,30,31). The van der Waals surface area contributed by atoms with Crippen LogP contribution in [0.4, 0.5) is 5.95 Å². The normalized spacial score (nSPS) is 16.9. The van der Waals surface area contributed by atoms with Crippen LogP contribution in [0.15, 0.2) is 43.1 Å². The molecule has 3 aromatic rings. The summed E-state index contributed by atoms with van der Waals surface area (Å²) < 4.78 is 16.3. The van der Waals surface area contributed by atoms with Crippen LogP contribution in [0.5, 0.6) is 11.5 Å². The highest BCUT2D eigenvalue weighted by Gasteiger charge is 2.40. The maximum absolute atomic E-state index is 12.4. The average Bonchev–Trinajstić information content (AvgIpc) is 3.32. The minimum atomic E-state index is -0.669. The van der Waals surface area contributed by atoms with Gasteiger partial charge in [-0.3, -0.25) is 4.79 Å². The van der Waals surface area contributed by atoms with E-state index in [1.807, 2.05) is 38.1 Å². The van der Waals surface area contributed by atoms with Crippen LogP contribution in [-0.2, 0) is 14.3 Å². The van der Waals surface area contributed by atoms with E-state index in [0.29, 0.717) is 18.9 Å². The number of benzene rings is 2. The minimum absolute atomic E-state index is 0.204. The predicted octanol–water partition coefficient (Wildman–Crippen LogP) is 4.06. The topological polar surface area (TPSA) is 103 Å². The van der Waals surface area contributed by atoms with Crippen molar-refractivity contribution in [3.8, 4) is 22.6 Å². The van der Waals surface area contributed by atoms with Crippen LogP contribution in [0.2, 0.25) is 0 Å². The van der Waals surface area contributed by atoms with Gasteiger partial charge in [0.25, 0.3) is 0 Å². The Morgan fingerprint density at radius 1 is 1.16 bits per heavy atom. The summed E-state index contributed by atoms with van der Waals surface area (Å²) in [6, 6.07) is 7.04. The summed E-state index contributed by atoms with van der Waals surface area (Å²) in [4.78, 5) is 35.4. The molecule has 0 spiro atoms. The predicted molar refractivity (Wildman–Crippen MR) is 142 cm³/mol. The van der Waals surface area contributed by atoms with E-state index in [2.05, 4.69) is 21.9 Å². The molecule has 1 fully saturated rings. The summed E-state index contributed by atoms with van der Waals surface area (Å²) in [7, 11) is 3.30. The van der Waals surface area contributed by atoms with Gasteiger partial charge in [0.05, 0.1) is 26.3 Å². The lowest BCUT2D eigenvalue weighted by Gasteiger charge is -2.21. The van der Waals surface area contributed by atoms with Gasteiger partial charge in [-0.25, -0.2) is 14.8 Å². The van der Waals surface area contributed by atoms with Crippen molar-refractivity contribution in [3.05, 3.63) is 54.2 Å². The SMILES string of the molecule is C=CC(=O)N1CC(Nc2ncc3cc(-c4c(C)c(OC)cc(OC)c4C)ccc3n2)CC1C(=O)OCC. The van der Waals surface area contributed by atoms with E-state index in [1.54, 1.807) is 27.3 Å². The van der Waals surface area contributed by atoms with Gasteiger partial charge in [0.1, 0.15) is 17.5 Å². The number of hydrogen-bond acceptors (Lipinski definition) is 8. The van der Waals surface area contributed by atoms with Gasteiger partial charge in [-0.2, -0.15) is 0 Å². The van der Waals surface area contributed by atoms with Gasteiger partial charge < -0.3 is 24.4 Å². The Kier molecular flexibility index (Phi) is 7.61. The van der Waals surface area contributed by atoms with Crippen LogP contribution in [0.25, 0.3) is 22.0 Å². The number of anilines is 1. The molecule has 1 saturated heterocycles. The number of esters is 1. The fourth-order valence-corrected chi connectivity index (χ4v) is 4.92. The molecule has 37 heavy (non-hydrogen) atoms. The van der Waals surface area contributed by atoms with Crippen LogP contribution in [0, 0.1) is 13.8 Å². The first-order valence-corrected chi connectivity index (χ1v) is 12.2. The smallest absolute Gasteiger partial charge is 0.328 e. The lowest BCUT2D eigenvalue weighted by Crippen LogP contribution is -2.40. The summed E-state index contributed by atoms with van der Waals surface area (Å²) in [5.41, 5.74) is 4.87. The van der Waals surface area contributed by atoms with Crippen molar-refractivity contribution in [2.24, 2.45) is 0 Å². The Morgan fingerprint density at radius 2 is 1.86 bits per heavy atom. The van der Waals surface area contributed by atoms with Crippen molar-refractivity contribution in [2.75, 3.05) is 32.7 Å². The molecule has 2 unspecified atom stereocenters. The van der Waals surface area contributed by atoms with Gasteiger partial charge in [-0.15, -0.1) is 0 Å². The number of carbonyl (C=O) groups excluding carboxylic acids is 2. The van der Waals surface area contributed by atoms with Crippen molar-refractivity contribution in [1.82, 2.24) is 14.9 Å². The molecular formula is C28H32N4O5. The van der Waals surface area contributed by atoms with E-state index in [0.717, 1.165) is 44.7 Å². The molecule has 1 amide bonds. The number of aromatic nitrogens is 2. The zero-order valence-corrected chi connectivity index (χ0v) is 21.8. The second-order valence-corrected chi connectivity index (χ2v) is 8.91. The minimum Gasteiger partial charge on any atom is -0.496 e. The number of rotatable bonds is 8. The fraction of sp³-hybridized carbons (Fsp3) is 0.357. The van der Waals surface area contributed by atoms with Crippen molar-refractivity contribution in [1.29, 1.82) is 0 Å². The number of nitrogens with zero attached hydrogens (tertiary/aromatic N) is 3. The fourth-order valence-electron chi connectivity index (χ4n) is 4.92. The van der Waals surface area contributed by atoms with E-state index in [-0.39, 0.29) is 18.6 Å². The highest BCUT2D eigenvalue weighted by Crippen LogP contribution is 2.39. The van der Waals surface area contributed by atoms with Crippen LogP contribution in [-0.4, -0.2) is 66.2 Å². The first-order chi connectivity index (χ1) is 17.8. The Labute approximate surface area is 216 Å². The third-order valence-electron chi connectivity index (χ3n) is 6.71. The number of ether oxygens (including phenoxy) is 3. The number of nitrogens with one attached hydrogen (secondary N) is 1. The molecule has 0 saturated carbocycles. The largest absolute Gasteiger partial charge is 0.496 e. The van der Waals surface area contributed by atoms with E-state index in [4.69, 9.17) is 14.2 Å². The molecule has 4 rings (SSSR count). The molecule has 1 N–H and O–H groups in total. The Morgan fingerprint density at radius 3 is 2.49 bits per heavy atom. The highest BCUT2D eigenvalue weighted by molar-refractivity contribution is 5.92. The summed E-state index contributed by atoms with van der Waals surface area (Å²) in [6.45, 7) is 9.92. The second kappa shape index (κ2) is 10.9. The van der Waals surface area contributed by atoms with Crippen LogP contribution >= 0.6 is 0 Å². The summed E-state index contributed by atoms with van der Waals surface area (Å²) in [6.07, 6.45) is 3.37. The van der Waals surface area contributed by atoms with Crippen molar-refractivity contribution < 1.29 is 23.8 Å². The Balaban J connectivity index is 1.60. The lowest BCUT2D eigenvalue weighted by atomic mass is 9.93. The molecule has 9 heteroatoms. The van der Waals surface area contributed by atoms with Gasteiger partial charge in [0, 0.05) is 36.7 Å². The van der Waals surface area contributed by atoms with Gasteiger partial charge in [0.2, 0.25) is 11.9 Å². The van der Waals surface area contributed by atoms with E-state index < -0.39 is 12.0 Å². The molecule has 9 nitrogen and oxygen atoms in total. The highest BCUT2D eigenvalue weighted by atomic mass is 16.5. The first-order valence-electron chi connectivity index (χ1n) is 12.2. The third-order valence-corrected chi connectivity index (χ3v) is 6.71. The number of fused-ring (bicyclic) bond motifs is 1. The van der Waals surface area contributed by atoms with Crippen LogP contribution in [0.3, 0.4) is 0 Å². The summed E-state index contributed by atoms with van der Waals surface area (Å²) >= 11 is 0. The maximum atomic E-state index is 12.4. The molecule has 194 valence electrons. The number of methoxy groups -OCH3 is 2. The molecule has 1 aliphatic heterocycles. The number of amides is 1. The Hall–Kier alpha value is -4.14. The molecule has 2 atom stereocenters. The number of likely N-dealkylation sites (tertiary alicyclic amines) is 1. The zero-order valence-electron chi connectivity index (χ0n) is 21.8. The van der Waals surface area contributed by atoms with Gasteiger partial charge in [-0.05, 0) is 61.2 Å². The third kappa shape index (κ3) is 5.07. The molecule has 1 aliphatic rings. The number of hydrogen-bond donors (Lipinski definition) is 1. The van der Waals surface area contributed by atoms with E-state index in [9.17, 15) is 9.59 Å². The molecule has 0 radical (unpaired) electrons. The van der Waals surface area contributed by atoms with Crippen molar-refractivity contribution in [3.63, 3.8) is 0 Å². The Bertz CT molecular complexity index is 1330. The van der Waals surface area contributed by atoms with Gasteiger partial charge >= 0.3 is 5.97 Å². The molecule has 2 heterocycles. The molecular weight excluding hydrogens is 472 g/mol. The van der Waals surface area contributed by atoms with Gasteiger partial charge in [0.15, 0.2) is 0 Å². The van der Waals surface area contributed by atoms with Crippen LogP contribution in [0.1, 0.15) is 24.5 Å². The second-order valence-electron chi connectivity index (χ2n) is 8.91. The summed E-state index contributed by atoms with van der Waals surface area (Å²) in [5.74, 6) is 1.21. The van der Waals surface area contributed by atoms with Crippen LogP contribution < -0.4 is 14.8 Å². The molecule has 0 bridgehead atoms. The molecule has 1 aromatic heterocycles. The maximum Gasteiger partial charge on any atom is 0.328 e. The molecule has 0 aliphatic carbocycles. The quantitative estimate of drug-likeness (QED) is 0.362. The lowest BCUT2D eigenvalue weighted by molar-refractivity contribution is -0.151. The van der Waals surface area contributed by atoms with Crippen molar-refractivity contribution in [2.45, 2.75) is 39.3 Å². The van der Waals surface area contributed by atoms with E-state index >= 15 is 0 Å². The average molecular weight is 505 g/mol. The van der Waals surface area contributed by atoms with Gasteiger partial charge in [-0.1, -0.05) is 12.6 Å². The van der Waals surface area contributed by atoms with Crippen molar-refractivity contribution >= 4 is 28.7 Å². The van der Waals surface area contributed by atoms with E-state index in [1.165, 1.54) is 11.0 Å². The summed E-state index contributed by atoms with van der Waals surface area (Å²) in [5, 5.41) is 4.15. The monoisotopic (exact) mass is 504 g/mol. The zero-order chi connectivity index (χ0) is 26.7. The molecule has 2 aromatic carbocycles. The number of carbonyl (C=O) groups is 2.